The number of nitrogens with one attached hydrogen (secondary N) is 2. The van der Waals surface area contributed by atoms with Gasteiger partial charge in [-0.25, -0.2) is 4.79 Å². The Morgan fingerprint density at radius 2 is 2.24 bits per heavy atom. The minimum atomic E-state index is -0.340. The second-order valence-corrected chi connectivity index (χ2v) is 6.52. The number of amides is 2. The molecule has 0 fully saturated rings. The molecule has 0 saturated carbocycles. The van der Waals surface area contributed by atoms with Crippen molar-refractivity contribution in [2.75, 3.05) is 19.0 Å². The fourth-order valence-corrected chi connectivity index (χ4v) is 3.37. The Balaban J connectivity index is 1.67. The molecule has 0 aliphatic carbocycles. The summed E-state index contributed by atoms with van der Waals surface area (Å²) in [6.45, 7) is 0.402. The van der Waals surface area contributed by atoms with Gasteiger partial charge < -0.3 is 19.8 Å². The largest absolute Gasteiger partial charge is 0.495 e. The first-order valence-corrected chi connectivity index (χ1v) is 8.93. The van der Waals surface area contributed by atoms with E-state index in [0.717, 1.165) is 11.3 Å². The smallest absolute Gasteiger partial charge is 0.319 e. The standard InChI is InChI=1S/C18H17ClN2O3S/c1-23-17-5-4-13(19)9-15(17)21-18(22)20-10-14(12-6-8-25-11-12)16-3-2-7-24-16/h2-9,11,14H,10H2,1H3,(H2,20,21,22). The zero-order valence-corrected chi connectivity index (χ0v) is 15.1. The highest BCUT2D eigenvalue weighted by Gasteiger charge is 2.19. The van der Waals surface area contributed by atoms with Crippen LogP contribution >= 0.6 is 22.9 Å². The number of hydrogen-bond acceptors (Lipinski definition) is 4. The Bertz CT molecular complexity index is 785. The van der Waals surface area contributed by atoms with E-state index in [1.807, 2.05) is 29.0 Å². The predicted molar refractivity (Wildman–Crippen MR) is 99.9 cm³/mol. The summed E-state index contributed by atoms with van der Waals surface area (Å²) in [4.78, 5) is 12.3. The normalized spacial score (nSPS) is 11.8. The van der Waals surface area contributed by atoms with Crippen molar-refractivity contribution in [2.24, 2.45) is 0 Å². The van der Waals surface area contributed by atoms with Crippen LogP contribution in [0, 0.1) is 0 Å². The molecule has 2 amide bonds. The van der Waals surface area contributed by atoms with Crippen molar-refractivity contribution in [1.82, 2.24) is 5.32 Å². The molecule has 0 aliphatic rings. The maximum absolute atomic E-state index is 12.3. The van der Waals surface area contributed by atoms with Crippen LogP contribution in [0.5, 0.6) is 5.75 Å². The number of thiophene rings is 1. The first-order chi connectivity index (χ1) is 12.2. The number of furan rings is 1. The number of hydrogen-bond donors (Lipinski definition) is 2. The van der Waals surface area contributed by atoms with Gasteiger partial charge in [-0.2, -0.15) is 11.3 Å². The number of anilines is 1. The molecule has 0 saturated heterocycles. The molecular weight excluding hydrogens is 360 g/mol. The number of carbonyl (C=O) groups is 1. The molecule has 7 heteroatoms. The highest BCUT2D eigenvalue weighted by molar-refractivity contribution is 7.08. The summed E-state index contributed by atoms with van der Waals surface area (Å²) in [6, 6.07) is 10.5. The third kappa shape index (κ3) is 4.35. The third-order valence-corrected chi connectivity index (χ3v) is 4.65. The monoisotopic (exact) mass is 376 g/mol. The topological polar surface area (TPSA) is 63.5 Å². The fraction of sp³-hybridized carbons (Fsp3) is 0.167. The lowest BCUT2D eigenvalue weighted by Gasteiger charge is -2.16. The van der Waals surface area contributed by atoms with Gasteiger partial charge in [-0.05, 0) is 52.7 Å². The van der Waals surface area contributed by atoms with E-state index in [4.69, 9.17) is 20.8 Å². The van der Waals surface area contributed by atoms with Crippen LogP contribution in [0.1, 0.15) is 17.2 Å². The van der Waals surface area contributed by atoms with Crippen molar-refractivity contribution in [2.45, 2.75) is 5.92 Å². The first-order valence-electron chi connectivity index (χ1n) is 7.61. The molecule has 0 spiro atoms. The summed E-state index contributed by atoms with van der Waals surface area (Å²) >= 11 is 7.59. The van der Waals surface area contributed by atoms with Crippen molar-refractivity contribution in [3.63, 3.8) is 0 Å². The second-order valence-electron chi connectivity index (χ2n) is 5.30. The van der Waals surface area contributed by atoms with Crippen molar-refractivity contribution in [3.05, 3.63) is 69.8 Å². The van der Waals surface area contributed by atoms with Gasteiger partial charge >= 0.3 is 6.03 Å². The third-order valence-electron chi connectivity index (χ3n) is 3.71. The summed E-state index contributed by atoms with van der Waals surface area (Å²) in [5, 5.41) is 10.2. The van der Waals surface area contributed by atoms with Gasteiger partial charge in [0.25, 0.3) is 0 Å². The van der Waals surface area contributed by atoms with Crippen LogP contribution in [0.4, 0.5) is 10.5 Å². The molecule has 1 unspecified atom stereocenters. The van der Waals surface area contributed by atoms with Crippen LogP contribution in [0.3, 0.4) is 0 Å². The molecular formula is C18H17ClN2O3S. The van der Waals surface area contributed by atoms with Gasteiger partial charge in [0.05, 0.1) is 25.0 Å². The average Bonchev–Trinajstić information content (AvgIpc) is 3.29. The molecule has 1 aromatic carbocycles. The van der Waals surface area contributed by atoms with Gasteiger partial charge in [-0.3, -0.25) is 0 Å². The van der Waals surface area contributed by atoms with E-state index in [0.29, 0.717) is 23.0 Å². The molecule has 130 valence electrons. The average molecular weight is 377 g/mol. The minimum absolute atomic E-state index is 0.0479. The van der Waals surface area contributed by atoms with Gasteiger partial charge in [0, 0.05) is 11.6 Å². The predicted octanol–water partition coefficient (Wildman–Crippen LogP) is 4.96. The number of carbonyl (C=O) groups excluding carboxylic acids is 1. The van der Waals surface area contributed by atoms with E-state index in [1.54, 1.807) is 35.8 Å². The lowest BCUT2D eigenvalue weighted by atomic mass is 9.99. The van der Waals surface area contributed by atoms with E-state index in [2.05, 4.69) is 10.6 Å². The Hall–Kier alpha value is -2.44. The summed E-state index contributed by atoms with van der Waals surface area (Å²) < 4.78 is 10.7. The maximum Gasteiger partial charge on any atom is 0.319 e. The summed E-state index contributed by atoms with van der Waals surface area (Å²) in [6.07, 6.45) is 1.63. The van der Waals surface area contributed by atoms with Crippen LogP contribution in [0.25, 0.3) is 0 Å². The Morgan fingerprint density at radius 1 is 1.36 bits per heavy atom. The molecule has 0 aliphatic heterocycles. The molecule has 0 bridgehead atoms. The fourth-order valence-electron chi connectivity index (χ4n) is 2.48. The molecule has 3 aromatic rings. The molecule has 2 heterocycles. The molecule has 25 heavy (non-hydrogen) atoms. The van der Waals surface area contributed by atoms with Gasteiger partial charge in [0.15, 0.2) is 0 Å². The highest BCUT2D eigenvalue weighted by atomic mass is 35.5. The van der Waals surface area contributed by atoms with E-state index in [-0.39, 0.29) is 11.9 Å². The SMILES string of the molecule is COc1ccc(Cl)cc1NC(=O)NCC(c1ccsc1)c1ccco1. The molecule has 1 atom stereocenters. The number of methoxy groups -OCH3 is 1. The maximum atomic E-state index is 12.3. The van der Waals surface area contributed by atoms with Gasteiger partial charge in [0.1, 0.15) is 11.5 Å². The van der Waals surface area contributed by atoms with E-state index >= 15 is 0 Å². The van der Waals surface area contributed by atoms with Crippen molar-refractivity contribution < 1.29 is 13.9 Å². The number of ether oxygens (including phenoxy) is 1. The van der Waals surface area contributed by atoms with Crippen LogP contribution < -0.4 is 15.4 Å². The van der Waals surface area contributed by atoms with E-state index in [9.17, 15) is 4.79 Å². The number of benzene rings is 1. The van der Waals surface area contributed by atoms with Crippen LogP contribution in [-0.4, -0.2) is 19.7 Å². The summed E-state index contributed by atoms with van der Waals surface area (Å²) in [5.74, 6) is 1.30. The van der Waals surface area contributed by atoms with Crippen LogP contribution in [-0.2, 0) is 0 Å². The second kappa shape index (κ2) is 8.09. The molecule has 3 rings (SSSR count). The minimum Gasteiger partial charge on any atom is -0.495 e. The van der Waals surface area contributed by atoms with Crippen molar-refractivity contribution >= 4 is 34.7 Å². The zero-order valence-electron chi connectivity index (χ0n) is 13.5. The van der Waals surface area contributed by atoms with Gasteiger partial charge in [-0.1, -0.05) is 11.6 Å². The zero-order chi connectivity index (χ0) is 17.6. The van der Waals surface area contributed by atoms with Crippen molar-refractivity contribution in [3.8, 4) is 5.75 Å². The van der Waals surface area contributed by atoms with Crippen LogP contribution in [0.15, 0.2) is 57.8 Å². The Morgan fingerprint density at radius 3 is 2.92 bits per heavy atom. The number of rotatable bonds is 6. The summed E-state index contributed by atoms with van der Waals surface area (Å²) in [7, 11) is 1.54. The molecule has 2 aromatic heterocycles. The number of urea groups is 1. The first kappa shape index (κ1) is 17.4. The highest BCUT2D eigenvalue weighted by Crippen LogP contribution is 2.28. The van der Waals surface area contributed by atoms with Crippen LogP contribution in [0.2, 0.25) is 5.02 Å². The van der Waals surface area contributed by atoms with Gasteiger partial charge in [-0.15, -0.1) is 0 Å². The Labute approximate surface area is 154 Å². The lowest BCUT2D eigenvalue weighted by Crippen LogP contribution is -2.32. The van der Waals surface area contributed by atoms with Gasteiger partial charge in [0.2, 0.25) is 0 Å². The molecule has 0 radical (unpaired) electrons. The Kier molecular flexibility index (Phi) is 5.63. The lowest BCUT2D eigenvalue weighted by molar-refractivity contribution is 0.251. The quantitative estimate of drug-likeness (QED) is 0.639. The summed E-state index contributed by atoms with van der Waals surface area (Å²) in [5.41, 5.74) is 1.61. The number of halogens is 1. The van der Waals surface area contributed by atoms with Crippen molar-refractivity contribution in [1.29, 1.82) is 0 Å². The molecule has 5 nitrogen and oxygen atoms in total. The van der Waals surface area contributed by atoms with E-state index in [1.165, 1.54) is 7.11 Å². The molecule has 2 N–H and O–H groups in total. The van der Waals surface area contributed by atoms with E-state index < -0.39 is 0 Å².